The van der Waals surface area contributed by atoms with Gasteiger partial charge >= 0.3 is 0 Å². The standard InChI is InChI=1S/C20H30O2/c1-15-6-5-7-18-19(15,3)11-8-16(2)20(18,4)12-9-17(14-22)10-13-21/h6,9,13-14,16,18H,5,7-8,10-12H2,1-4H3/b17-9+/t16-,18-,19-,20+/m1/s1. The fraction of sp³-hybridized carbons (Fsp3) is 0.700. The van der Waals surface area contributed by atoms with Crippen molar-refractivity contribution in [3.63, 3.8) is 0 Å². The Bertz CT molecular complexity index is 502. The molecule has 0 aromatic heterocycles. The Hall–Kier alpha value is -1.18. The molecule has 22 heavy (non-hydrogen) atoms. The van der Waals surface area contributed by atoms with E-state index >= 15 is 0 Å². The van der Waals surface area contributed by atoms with Gasteiger partial charge in [0.15, 0.2) is 0 Å². The van der Waals surface area contributed by atoms with E-state index in [0.29, 0.717) is 22.8 Å². The van der Waals surface area contributed by atoms with E-state index in [1.165, 1.54) is 25.7 Å². The van der Waals surface area contributed by atoms with Crippen molar-refractivity contribution in [1.29, 1.82) is 0 Å². The molecule has 2 aliphatic rings. The minimum Gasteiger partial charge on any atom is -0.303 e. The van der Waals surface area contributed by atoms with Crippen LogP contribution in [0, 0.1) is 22.7 Å². The van der Waals surface area contributed by atoms with Crippen LogP contribution in [0.25, 0.3) is 0 Å². The molecule has 2 heteroatoms. The summed E-state index contributed by atoms with van der Waals surface area (Å²) in [6, 6.07) is 0. The highest BCUT2D eigenvalue weighted by Crippen LogP contribution is 2.61. The molecule has 2 rings (SSSR count). The first-order chi connectivity index (χ1) is 10.4. The maximum Gasteiger partial charge on any atom is 0.146 e. The zero-order chi connectivity index (χ0) is 16.4. The van der Waals surface area contributed by atoms with Crippen LogP contribution < -0.4 is 0 Å². The number of carbonyl (C=O) groups is 2. The Kier molecular flexibility index (Phi) is 5.09. The van der Waals surface area contributed by atoms with Crippen molar-refractivity contribution in [3.8, 4) is 0 Å². The zero-order valence-electron chi connectivity index (χ0n) is 14.5. The number of fused-ring (bicyclic) bond motifs is 1. The van der Waals surface area contributed by atoms with E-state index in [2.05, 4.69) is 33.8 Å². The average molecular weight is 302 g/mol. The first-order valence-electron chi connectivity index (χ1n) is 8.63. The Balaban J connectivity index is 2.31. The largest absolute Gasteiger partial charge is 0.303 e. The maximum absolute atomic E-state index is 11.1. The third-order valence-corrected chi connectivity index (χ3v) is 6.87. The number of hydrogen-bond acceptors (Lipinski definition) is 2. The van der Waals surface area contributed by atoms with Crippen molar-refractivity contribution in [2.75, 3.05) is 0 Å². The van der Waals surface area contributed by atoms with Crippen LogP contribution in [0.2, 0.25) is 0 Å². The third kappa shape index (κ3) is 2.85. The molecular formula is C20H30O2. The van der Waals surface area contributed by atoms with Crippen LogP contribution in [0.15, 0.2) is 23.3 Å². The fourth-order valence-electron chi connectivity index (χ4n) is 4.88. The van der Waals surface area contributed by atoms with Crippen LogP contribution >= 0.6 is 0 Å². The predicted molar refractivity (Wildman–Crippen MR) is 90.5 cm³/mol. The molecule has 0 aliphatic heterocycles. The molecule has 0 aromatic carbocycles. The smallest absolute Gasteiger partial charge is 0.146 e. The molecular weight excluding hydrogens is 272 g/mol. The highest BCUT2D eigenvalue weighted by molar-refractivity contribution is 5.78. The first kappa shape index (κ1) is 17.2. The lowest BCUT2D eigenvalue weighted by atomic mass is 9.47. The van der Waals surface area contributed by atoms with E-state index < -0.39 is 0 Å². The molecule has 0 heterocycles. The Morgan fingerprint density at radius 1 is 1.32 bits per heavy atom. The number of allylic oxidation sites excluding steroid dienone is 4. The number of aldehydes is 2. The molecule has 0 bridgehead atoms. The Morgan fingerprint density at radius 2 is 2.05 bits per heavy atom. The summed E-state index contributed by atoms with van der Waals surface area (Å²) in [5.41, 5.74) is 2.70. The number of rotatable bonds is 5. The Morgan fingerprint density at radius 3 is 2.68 bits per heavy atom. The van der Waals surface area contributed by atoms with Gasteiger partial charge in [0, 0.05) is 6.42 Å². The monoisotopic (exact) mass is 302 g/mol. The van der Waals surface area contributed by atoms with E-state index in [-0.39, 0.29) is 11.8 Å². The quantitative estimate of drug-likeness (QED) is 0.411. The zero-order valence-corrected chi connectivity index (χ0v) is 14.5. The summed E-state index contributed by atoms with van der Waals surface area (Å²) in [7, 11) is 0. The van der Waals surface area contributed by atoms with Crippen LogP contribution in [0.4, 0.5) is 0 Å². The Labute approximate surface area is 135 Å². The molecule has 0 N–H and O–H groups in total. The molecule has 0 saturated heterocycles. The SMILES string of the molecule is CC1=CCC[C@H]2[C@@](C)(C/C=C(/C=O)CC=O)[C@H](C)CC[C@]12C. The molecule has 122 valence electrons. The number of carbonyl (C=O) groups excluding carboxylic acids is 2. The predicted octanol–water partition coefficient (Wildman–Crippen LogP) is 4.89. The van der Waals surface area contributed by atoms with Gasteiger partial charge < -0.3 is 4.79 Å². The van der Waals surface area contributed by atoms with Gasteiger partial charge in [0.05, 0.1) is 0 Å². The minimum absolute atomic E-state index is 0.208. The topological polar surface area (TPSA) is 34.1 Å². The normalized spacial score (nSPS) is 38.9. The van der Waals surface area contributed by atoms with E-state index in [1.807, 2.05) is 6.08 Å². The summed E-state index contributed by atoms with van der Waals surface area (Å²) in [5, 5.41) is 0. The molecule has 2 aliphatic carbocycles. The molecule has 4 atom stereocenters. The second-order valence-corrected chi connectivity index (χ2v) is 7.85. The van der Waals surface area contributed by atoms with Crippen LogP contribution in [0.1, 0.15) is 66.2 Å². The van der Waals surface area contributed by atoms with E-state index in [4.69, 9.17) is 0 Å². The summed E-state index contributed by atoms with van der Waals surface area (Å²) >= 11 is 0. The highest BCUT2D eigenvalue weighted by atomic mass is 16.1. The van der Waals surface area contributed by atoms with Crippen molar-refractivity contribution in [3.05, 3.63) is 23.3 Å². The van der Waals surface area contributed by atoms with Crippen molar-refractivity contribution in [2.24, 2.45) is 22.7 Å². The summed E-state index contributed by atoms with van der Waals surface area (Å²) in [5.74, 6) is 1.31. The van der Waals surface area contributed by atoms with Crippen molar-refractivity contribution in [1.82, 2.24) is 0 Å². The van der Waals surface area contributed by atoms with Gasteiger partial charge in [0.25, 0.3) is 0 Å². The summed E-state index contributed by atoms with van der Waals surface area (Å²) in [6.45, 7) is 9.49. The van der Waals surface area contributed by atoms with Gasteiger partial charge in [-0.05, 0) is 67.3 Å². The lowest BCUT2D eigenvalue weighted by Crippen LogP contribution is -2.49. The molecule has 0 unspecified atom stereocenters. The van der Waals surface area contributed by atoms with Crippen LogP contribution in [-0.2, 0) is 9.59 Å². The molecule has 0 spiro atoms. The summed E-state index contributed by atoms with van der Waals surface area (Å²) in [4.78, 5) is 21.8. The average Bonchev–Trinajstić information content (AvgIpc) is 2.50. The van der Waals surface area contributed by atoms with Gasteiger partial charge in [-0.3, -0.25) is 4.79 Å². The van der Waals surface area contributed by atoms with Crippen LogP contribution in [-0.4, -0.2) is 12.6 Å². The van der Waals surface area contributed by atoms with Gasteiger partial charge in [-0.15, -0.1) is 0 Å². The van der Waals surface area contributed by atoms with Crippen molar-refractivity contribution >= 4 is 12.6 Å². The molecule has 0 amide bonds. The second kappa shape index (κ2) is 6.52. The number of hydrogen-bond donors (Lipinski definition) is 0. The summed E-state index contributed by atoms with van der Waals surface area (Å²) < 4.78 is 0. The molecule has 0 aromatic rings. The molecule has 0 radical (unpaired) electrons. The van der Waals surface area contributed by atoms with Gasteiger partial charge in [0.1, 0.15) is 12.6 Å². The molecule has 1 fully saturated rings. The van der Waals surface area contributed by atoms with Gasteiger partial charge in [-0.2, -0.15) is 0 Å². The van der Waals surface area contributed by atoms with Crippen LogP contribution in [0.5, 0.6) is 0 Å². The lowest BCUT2D eigenvalue weighted by Gasteiger charge is -2.57. The minimum atomic E-state index is 0.208. The fourth-order valence-corrected chi connectivity index (χ4v) is 4.88. The second-order valence-electron chi connectivity index (χ2n) is 7.85. The van der Waals surface area contributed by atoms with E-state index in [9.17, 15) is 9.59 Å². The third-order valence-electron chi connectivity index (χ3n) is 6.87. The lowest BCUT2D eigenvalue weighted by molar-refractivity contribution is -0.109. The van der Waals surface area contributed by atoms with E-state index in [1.54, 1.807) is 5.57 Å². The molecule has 1 saturated carbocycles. The van der Waals surface area contributed by atoms with E-state index in [0.717, 1.165) is 19.0 Å². The first-order valence-corrected chi connectivity index (χ1v) is 8.63. The molecule has 2 nitrogen and oxygen atoms in total. The van der Waals surface area contributed by atoms with Crippen LogP contribution in [0.3, 0.4) is 0 Å². The van der Waals surface area contributed by atoms with Gasteiger partial charge in [-0.25, -0.2) is 0 Å². The van der Waals surface area contributed by atoms with Gasteiger partial charge in [-0.1, -0.05) is 38.5 Å². The maximum atomic E-state index is 11.1. The van der Waals surface area contributed by atoms with Gasteiger partial charge in [0.2, 0.25) is 0 Å². The van der Waals surface area contributed by atoms with Crippen molar-refractivity contribution < 1.29 is 9.59 Å². The highest BCUT2D eigenvalue weighted by Gasteiger charge is 2.52. The van der Waals surface area contributed by atoms with Crippen molar-refractivity contribution in [2.45, 2.75) is 66.2 Å². The summed E-state index contributed by atoms with van der Waals surface area (Å²) in [6.07, 6.45) is 12.2.